The van der Waals surface area contributed by atoms with E-state index in [2.05, 4.69) is 10.3 Å². The van der Waals surface area contributed by atoms with Crippen LogP contribution in [-0.4, -0.2) is 153 Å². The van der Waals surface area contributed by atoms with Gasteiger partial charge in [-0.1, -0.05) is 0 Å². The minimum absolute atomic E-state index is 0.105. The van der Waals surface area contributed by atoms with Gasteiger partial charge in [-0.25, -0.2) is 29.2 Å². The Labute approximate surface area is 189 Å². The highest BCUT2D eigenvalue weighted by Gasteiger charge is 2.35. The normalized spacial score (nSPS) is 18.5. The maximum absolute atomic E-state index is 11.4. The van der Waals surface area contributed by atoms with Gasteiger partial charge >= 0.3 is 23.9 Å². The maximum atomic E-state index is 11.4. The zero-order valence-corrected chi connectivity index (χ0v) is 18.3. The summed E-state index contributed by atoms with van der Waals surface area (Å²) in [7, 11) is 0. The second-order valence-electron chi connectivity index (χ2n) is 7.45. The van der Waals surface area contributed by atoms with E-state index in [0.29, 0.717) is 26.2 Å². The van der Waals surface area contributed by atoms with Gasteiger partial charge in [-0.2, -0.15) is 0 Å². The van der Waals surface area contributed by atoms with E-state index in [-0.39, 0.29) is 19.6 Å². The number of hydrogen-bond acceptors (Lipinski definition) is 10. The number of hydrazine groups is 1. The molecule has 33 heavy (non-hydrogen) atoms. The molecule has 0 spiro atoms. The van der Waals surface area contributed by atoms with Crippen LogP contribution in [0.1, 0.15) is 6.92 Å². The molecule has 188 valence electrons. The fraction of sp³-hybridized carbons (Fsp3) is 0.722. The molecule has 0 unspecified atom stereocenters. The van der Waals surface area contributed by atoms with Crippen molar-refractivity contribution < 1.29 is 49.5 Å². The van der Waals surface area contributed by atoms with E-state index in [1.54, 1.807) is 0 Å². The predicted octanol–water partition coefficient (Wildman–Crippen LogP) is -3.11. The molecule has 2 rings (SSSR count). The van der Waals surface area contributed by atoms with Gasteiger partial charge < -0.3 is 25.5 Å². The third-order valence-electron chi connectivity index (χ3n) is 5.14. The Balaban J connectivity index is 0.00000125. The van der Waals surface area contributed by atoms with Crippen LogP contribution in [0.25, 0.3) is 0 Å². The van der Waals surface area contributed by atoms with Crippen molar-refractivity contribution in [2.75, 3.05) is 65.4 Å². The largest absolute Gasteiger partial charge is 0.481 e. The van der Waals surface area contributed by atoms with Gasteiger partial charge in [0, 0.05) is 72.4 Å². The van der Waals surface area contributed by atoms with Crippen LogP contribution >= 0.6 is 0 Å². The first kappa shape index (κ1) is 28.2. The van der Waals surface area contributed by atoms with E-state index in [1.807, 2.05) is 9.91 Å². The Kier molecular flexibility index (Phi) is 11.7. The van der Waals surface area contributed by atoms with Crippen LogP contribution in [-0.2, 0) is 24.0 Å². The summed E-state index contributed by atoms with van der Waals surface area (Å²) >= 11 is 0. The molecular formula is C18H31N5O10. The Hall–Kier alpha value is -2.85. The van der Waals surface area contributed by atoms with Crippen molar-refractivity contribution >= 4 is 29.8 Å². The standard InChI is InChI=1S/C16H27N5O8.C2H4O2/c22-13(23)11(14(24)25)17-1-2-18-3-5-19(12(15(26)27)16(28)29)6-8-21-10-9-20(21)7-4-18;1-2(3)4/h11-12,17H,1-10H2,(H,22,23)(H,24,25)(H,26,27)(H,28,29);1H3,(H,3,4). The van der Waals surface area contributed by atoms with Crippen LogP contribution < -0.4 is 5.32 Å². The van der Waals surface area contributed by atoms with Crippen molar-refractivity contribution in [3.8, 4) is 0 Å². The second-order valence-corrected chi connectivity index (χ2v) is 7.45. The van der Waals surface area contributed by atoms with Gasteiger partial charge in [-0.05, 0) is 0 Å². The van der Waals surface area contributed by atoms with E-state index < -0.39 is 41.9 Å². The summed E-state index contributed by atoms with van der Waals surface area (Å²) < 4.78 is 0. The molecule has 2 heterocycles. The second kappa shape index (κ2) is 13.6. The number of carbonyl (C=O) groups is 5. The van der Waals surface area contributed by atoms with E-state index in [1.165, 1.54) is 4.90 Å². The Morgan fingerprint density at radius 1 is 0.697 bits per heavy atom. The van der Waals surface area contributed by atoms with Gasteiger partial charge in [0.15, 0.2) is 0 Å². The molecule has 0 saturated carbocycles. The molecule has 0 aromatic carbocycles. The molecule has 0 aromatic heterocycles. The van der Waals surface area contributed by atoms with Crippen molar-refractivity contribution in [3.05, 3.63) is 0 Å². The first-order valence-corrected chi connectivity index (χ1v) is 10.2. The van der Waals surface area contributed by atoms with Gasteiger partial charge in [0.25, 0.3) is 5.97 Å². The summed E-state index contributed by atoms with van der Waals surface area (Å²) in [6.45, 7) is 5.92. The summed E-state index contributed by atoms with van der Waals surface area (Å²) in [5.41, 5.74) is 0. The SMILES string of the molecule is CC(=O)O.O=C(O)C(NCCN1CCN(C(C(=O)O)C(=O)O)CCN2CCN2CC1)C(=O)O. The highest BCUT2D eigenvalue weighted by atomic mass is 16.4. The Morgan fingerprint density at radius 3 is 1.52 bits per heavy atom. The quantitative estimate of drug-likeness (QED) is 0.181. The smallest absolute Gasteiger partial charge is 0.332 e. The third-order valence-corrected chi connectivity index (χ3v) is 5.14. The summed E-state index contributed by atoms with van der Waals surface area (Å²) in [5, 5.41) is 50.5. The minimum Gasteiger partial charge on any atom is -0.481 e. The number of aliphatic carboxylic acids is 5. The van der Waals surface area contributed by atoms with E-state index in [4.69, 9.17) is 20.1 Å². The zero-order chi connectivity index (χ0) is 25.1. The molecule has 0 amide bonds. The molecule has 0 bridgehead atoms. The summed E-state index contributed by atoms with van der Waals surface area (Å²) in [5.74, 6) is -6.64. The minimum atomic E-state index is -1.71. The van der Waals surface area contributed by atoms with Crippen molar-refractivity contribution in [1.82, 2.24) is 25.1 Å². The van der Waals surface area contributed by atoms with Gasteiger partial charge in [0.2, 0.25) is 12.1 Å². The monoisotopic (exact) mass is 477 g/mol. The molecule has 2 saturated heterocycles. The number of carboxylic acids is 5. The number of carboxylic acid groups (broad SMARTS) is 5. The van der Waals surface area contributed by atoms with Crippen LogP contribution in [0.4, 0.5) is 0 Å². The number of nitrogens with zero attached hydrogens (tertiary/aromatic N) is 4. The number of fused-ring (bicyclic) bond motifs is 1. The van der Waals surface area contributed by atoms with Crippen LogP contribution in [0.3, 0.4) is 0 Å². The van der Waals surface area contributed by atoms with E-state index >= 15 is 0 Å². The summed E-state index contributed by atoms with van der Waals surface area (Å²) in [6, 6.07) is -3.35. The van der Waals surface area contributed by atoms with Crippen molar-refractivity contribution in [2.45, 2.75) is 19.0 Å². The third kappa shape index (κ3) is 9.67. The number of nitrogens with one attached hydrogen (secondary N) is 1. The summed E-state index contributed by atoms with van der Waals surface area (Å²) in [6.07, 6.45) is 0. The fourth-order valence-corrected chi connectivity index (χ4v) is 3.43. The summed E-state index contributed by atoms with van der Waals surface area (Å²) in [4.78, 5) is 57.1. The van der Waals surface area contributed by atoms with Crippen LogP contribution in [0, 0.1) is 0 Å². The molecule has 2 aliphatic heterocycles. The molecule has 6 N–H and O–H groups in total. The Morgan fingerprint density at radius 2 is 1.09 bits per heavy atom. The predicted molar refractivity (Wildman–Crippen MR) is 111 cm³/mol. The van der Waals surface area contributed by atoms with Gasteiger partial charge in [0.1, 0.15) is 0 Å². The zero-order valence-electron chi connectivity index (χ0n) is 18.3. The lowest BCUT2D eigenvalue weighted by atomic mass is 10.2. The van der Waals surface area contributed by atoms with Gasteiger partial charge in [0.05, 0.1) is 0 Å². The Bertz CT molecular complexity index is 689. The molecule has 15 nitrogen and oxygen atoms in total. The van der Waals surface area contributed by atoms with E-state index in [9.17, 15) is 29.4 Å². The van der Waals surface area contributed by atoms with Crippen molar-refractivity contribution in [2.24, 2.45) is 0 Å². The average molecular weight is 477 g/mol. The average Bonchev–Trinajstić information content (AvgIpc) is 2.65. The van der Waals surface area contributed by atoms with Crippen LogP contribution in [0.2, 0.25) is 0 Å². The van der Waals surface area contributed by atoms with Gasteiger partial charge in [-0.15, -0.1) is 0 Å². The maximum Gasteiger partial charge on any atom is 0.332 e. The molecule has 2 aliphatic rings. The molecular weight excluding hydrogens is 446 g/mol. The lowest BCUT2D eigenvalue weighted by Gasteiger charge is -2.47. The van der Waals surface area contributed by atoms with Gasteiger partial charge in [-0.3, -0.25) is 19.9 Å². The number of rotatable bonds is 9. The molecule has 0 atom stereocenters. The molecule has 0 aliphatic carbocycles. The molecule has 0 aromatic rings. The van der Waals surface area contributed by atoms with Crippen LogP contribution in [0.5, 0.6) is 0 Å². The van der Waals surface area contributed by atoms with Crippen molar-refractivity contribution in [1.29, 1.82) is 0 Å². The van der Waals surface area contributed by atoms with E-state index in [0.717, 1.165) is 26.6 Å². The van der Waals surface area contributed by atoms with Crippen molar-refractivity contribution in [3.63, 3.8) is 0 Å². The first-order chi connectivity index (χ1) is 15.4. The number of hydrogen-bond donors (Lipinski definition) is 6. The molecule has 2 fully saturated rings. The molecule has 0 radical (unpaired) electrons. The molecule has 15 heteroatoms. The lowest BCUT2D eigenvalue weighted by molar-refractivity contribution is -0.159. The van der Waals surface area contributed by atoms with Crippen LogP contribution in [0.15, 0.2) is 0 Å². The topological polar surface area (TPSA) is 211 Å². The lowest BCUT2D eigenvalue weighted by Crippen LogP contribution is -2.62. The highest BCUT2D eigenvalue weighted by molar-refractivity contribution is 5.97. The first-order valence-electron chi connectivity index (χ1n) is 10.2. The fourth-order valence-electron chi connectivity index (χ4n) is 3.43. The highest BCUT2D eigenvalue weighted by Crippen LogP contribution is 2.12.